The van der Waals surface area contributed by atoms with E-state index in [9.17, 15) is 9.59 Å². The Morgan fingerprint density at radius 3 is 2.53 bits per heavy atom. The number of aryl methyl sites for hydroxylation is 2. The molecule has 5 rings (SSSR count). The van der Waals surface area contributed by atoms with E-state index in [2.05, 4.69) is 10.2 Å². The van der Waals surface area contributed by atoms with Crippen LogP contribution in [0.1, 0.15) is 39.4 Å². The van der Waals surface area contributed by atoms with Crippen molar-refractivity contribution in [2.45, 2.75) is 25.8 Å². The first kappa shape index (κ1) is 19.0. The molecular formula is C21H24N6O2S. The molecule has 2 aliphatic heterocycles. The van der Waals surface area contributed by atoms with Crippen LogP contribution in [0.4, 0.5) is 0 Å². The van der Waals surface area contributed by atoms with Gasteiger partial charge in [-0.15, -0.1) is 11.3 Å². The summed E-state index contributed by atoms with van der Waals surface area (Å²) >= 11 is 1.61. The Morgan fingerprint density at radius 2 is 1.80 bits per heavy atom. The first-order chi connectivity index (χ1) is 14.6. The van der Waals surface area contributed by atoms with Crippen LogP contribution in [0.3, 0.4) is 0 Å². The minimum atomic E-state index is -0.0391. The summed E-state index contributed by atoms with van der Waals surface area (Å²) < 4.78 is 3.61. The molecule has 2 amide bonds. The van der Waals surface area contributed by atoms with Crippen LogP contribution in [-0.4, -0.2) is 67.4 Å². The third-order valence-corrected chi connectivity index (χ3v) is 6.83. The maximum absolute atomic E-state index is 13.1. The molecule has 8 nitrogen and oxygen atoms in total. The second-order valence-electron chi connectivity index (χ2n) is 7.79. The summed E-state index contributed by atoms with van der Waals surface area (Å²) in [5.41, 5.74) is 3.17. The molecule has 0 spiro atoms. The largest absolute Gasteiger partial charge is 0.335 e. The average molecular weight is 425 g/mol. The van der Waals surface area contributed by atoms with Crippen molar-refractivity contribution < 1.29 is 9.59 Å². The Bertz CT molecular complexity index is 1080. The lowest BCUT2D eigenvalue weighted by atomic mass is 10.1. The van der Waals surface area contributed by atoms with Crippen LogP contribution < -0.4 is 0 Å². The standard InChI is InChI=1S/C21H24N6O2S/c1-24-18(13-16(23-24)19-6-4-12-30-19)21(29)26-10-8-25(9-11-26)20(28)15-14-22-27-7-3-2-5-17(15)27/h4,6,12-14H,2-3,5,7-11H2,1H3. The van der Waals surface area contributed by atoms with Gasteiger partial charge in [-0.3, -0.25) is 19.0 Å². The molecule has 156 valence electrons. The Balaban J connectivity index is 1.25. The normalized spacial score (nSPS) is 16.6. The number of nitrogens with zero attached hydrogens (tertiary/aromatic N) is 6. The van der Waals surface area contributed by atoms with E-state index in [-0.39, 0.29) is 11.8 Å². The van der Waals surface area contributed by atoms with E-state index in [1.165, 1.54) is 0 Å². The van der Waals surface area contributed by atoms with Gasteiger partial charge in [-0.1, -0.05) is 6.07 Å². The smallest absolute Gasteiger partial charge is 0.272 e. The third-order valence-electron chi connectivity index (χ3n) is 5.94. The van der Waals surface area contributed by atoms with Gasteiger partial charge in [0.2, 0.25) is 0 Å². The number of fused-ring (bicyclic) bond motifs is 1. The summed E-state index contributed by atoms with van der Waals surface area (Å²) in [5, 5.41) is 10.9. The molecule has 0 saturated carbocycles. The average Bonchev–Trinajstić information content (AvgIpc) is 3.52. The van der Waals surface area contributed by atoms with Gasteiger partial charge < -0.3 is 9.80 Å². The van der Waals surface area contributed by atoms with Crippen molar-refractivity contribution in [1.29, 1.82) is 0 Å². The van der Waals surface area contributed by atoms with Gasteiger partial charge in [-0.05, 0) is 36.8 Å². The fraction of sp³-hybridized carbons (Fsp3) is 0.429. The monoisotopic (exact) mass is 424 g/mol. The van der Waals surface area contributed by atoms with Crippen molar-refractivity contribution in [2.24, 2.45) is 7.05 Å². The van der Waals surface area contributed by atoms with Crippen molar-refractivity contribution in [3.8, 4) is 10.6 Å². The lowest BCUT2D eigenvalue weighted by Crippen LogP contribution is -2.51. The molecule has 2 aliphatic rings. The fourth-order valence-corrected chi connectivity index (χ4v) is 4.94. The number of hydrogen-bond acceptors (Lipinski definition) is 5. The van der Waals surface area contributed by atoms with E-state index in [4.69, 9.17) is 0 Å². The van der Waals surface area contributed by atoms with Gasteiger partial charge in [0.25, 0.3) is 11.8 Å². The van der Waals surface area contributed by atoms with Crippen molar-refractivity contribution in [1.82, 2.24) is 29.4 Å². The highest BCUT2D eigenvalue weighted by Crippen LogP contribution is 2.25. The van der Waals surface area contributed by atoms with Crippen LogP contribution in [-0.2, 0) is 20.0 Å². The number of piperazine rings is 1. The van der Waals surface area contributed by atoms with Gasteiger partial charge in [0.1, 0.15) is 11.4 Å². The van der Waals surface area contributed by atoms with Gasteiger partial charge >= 0.3 is 0 Å². The lowest BCUT2D eigenvalue weighted by molar-refractivity contribution is 0.0528. The highest BCUT2D eigenvalue weighted by Gasteiger charge is 2.29. The molecule has 0 N–H and O–H groups in total. The zero-order valence-electron chi connectivity index (χ0n) is 17.0. The number of aromatic nitrogens is 4. The van der Waals surface area contributed by atoms with Crippen LogP contribution in [0.15, 0.2) is 29.8 Å². The maximum atomic E-state index is 13.1. The van der Waals surface area contributed by atoms with Crippen LogP contribution in [0.5, 0.6) is 0 Å². The van der Waals surface area contributed by atoms with Crippen LogP contribution >= 0.6 is 11.3 Å². The van der Waals surface area contributed by atoms with Gasteiger partial charge in [0.05, 0.1) is 22.3 Å². The molecule has 5 heterocycles. The predicted octanol–water partition coefficient (Wildman–Crippen LogP) is 2.28. The van der Waals surface area contributed by atoms with E-state index in [1.807, 2.05) is 38.1 Å². The minimum Gasteiger partial charge on any atom is -0.335 e. The molecule has 0 bridgehead atoms. The van der Waals surface area contributed by atoms with Crippen molar-refractivity contribution in [3.05, 3.63) is 46.7 Å². The van der Waals surface area contributed by atoms with E-state index >= 15 is 0 Å². The molecule has 3 aromatic rings. The first-order valence-electron chi connectivity index (χ1n) is 10.3. The van der Waals surface area contributed by atoms with Gasteiger partial charge in [0.15, 0.2) is 0 Å². The fourth-order valence-electron chi connectivity index (χ4n) is 4.26. The van der Waals surface area contributed by atoms with Crippen molar-refractivity contribution in [3.63, 3.8) is 0 Å². The summed E-state index contributed by atoms with van der Waals surface area (Å²) in [6.45, 7) is 3.00. The Morgan fingerprint density at radius 1 is 1.03 bits per heavy atom. The molecule has 1 fully saturated rings. The maximum Gasteiger partial charge on any atom is 0.272 e. The molecule has 1 saturated heterocycles. The van der Waals surface area contributed by atoms with Crippen LogP contribution in [0.25, 0.3) is 10.6 Å². The summed E-state index contributed by atoms with van der Waals surface area (Å²) in [6, 6.07) is 5.83. The van der Waals surface area contributed by atoms with E-state index in [0.717, 1.165) is 47.6 Å². The molecule has 9 heteroatoms. The topological polar surface area (TPSA) is 76.3 Å². The summed E-state index contributed by atoms with van der Waals surface area (Å²) in [4.78, 5) is 30.8. The molecule has 0 aromatic carbocycles. The molecule has 0 unspecified atom stereocenters. The van der Waals surface area contributed by atoms with Gasteiger partial charge in [0, 0.05) is 39.8 Å². The Hall–Kier alpha value is -2.94. The zero-order chi connectivity index (χ0) is 20.7. The number of carbonyl (C=O) groups is 2. The molecule has 0 radical (unpaired) electrons. The van der Waals surface area contributed by atoms with Crippen LogP contribution in [0.2, 0.25) is 0 Å². The molecule has 0 atom stereocenters. The third kappa shape index (κ3) is 3.32. The number of hydrogen-bond donors (Lipinski definition) is 0. The van der Waals surface area contributed by atoms with E-state index < -0.39 is 0 Å². The number of thiophene rings is 1. The zero-order valence-corrected chi connectivity index (χ0v) is 17.8. The van der Waals surface area contributed by atoms with Crippen molar-refractivity contribution in [2.75, 3.05) is 26.2 Å². The first-order valence-corrected chi connectivity index (χ1v) is 11.2. The number of amides is 2. The second-order valence-corrected chi connectivity index (χ2v) is 8.73. The number of rotatable bonds is 3. The number of carbonyl (C=O) groups excluding carboxylic acids is 2. The predicted molar refractivity (Wildman–Crippen MR) is 113 cm³/mol. The van der Waals surface area contributed by atoms with Gasteiger partial charge in [-0.2, -0.15) is 10.2 Å². The Labute approximate surface area is 178 Å². The summed E-state index contributed by atoms with van der Waals surface area (Å²) in [5.74, 6) is -0.00594. The Kier molecular flexibility index (Phi) is 4.90. The summed E-state index contributed by atoms with van der Waals surface area (Å²) in [6.07, 6.45) is 4.84. The van der Waals surface area contributed by atoms with Crippen molar-refractivity contribution >= 4 is 23.2 Å². The van der Waals surface area contributed by atoms with E-state index in [0.29, 0.717) is 31.9 Å². The van der Waals surface area contributed by atoms with Gasteiger partial charge in [-0.25, -0.2) is 0 Å². The quantitative estimate of drug-likeness (QED) is 0.646. The second kappa shape index (κ2) is 7.71. The molecule has 3 aromatic heterocycles. The highest BCUT2D eigenvalue weighted by atomic mass is 32.1. The summed E-state index contributed by atoms with van der Waals surface area (Å²) in [7, 11) is 1.80. The molecular weight excluding hydrogens is 400 g/mol. The van der Waals surface area contributed by atoms with Crippen LogP contribution in [0, 0.1) is 0 Å². The lowest BCUT2D eigenvalue weighted by Gasteiger charge is -2.34. The molecule has 30 heavy (non-hydrogen) atoms. The SMILES string of the molecule is Cn1nc(-c2cccs2)cc1C(=O)N1CCN(C(=O)c2cnn3c2CCCC3)CC1. The highest BCUT2D eigenvalue weighted by molar-refractivity contribution is 7.13. The van der Waals surface area contributed by atoms with E-state index in [1.54, 1.807) is 29.3 Å². The minimum absolute atomic E-state index is 0.0331. The molecule has 0 aliphatic carbocycles.